The number of aryl methyl sites for hydroxylation is 1. The first-order chi connectivity index (χ1) is 15.4. The second-order valence-corrected chi connectivity index (χ2v) is 9.32. The maximum absolute atomic E-state index is 13.0. The number of benzene rings is 1. The second-order valence-electron chi connectivity index (χ2n) is 7.64. The van der Waals surface area contributed by atoms with Crippen molar-refractivity contribution in [2.75, 3.05) is 25.0 Å². The largest absolute Gasteiger partial charge is 0.378 e. The van der Waals surface area contributed by atoms with Gasteiger partial charge in [-0.05, 0) is 23.8 Å². The van der Waals surface area contributed by atoms with Crippen LogP contribution in [0.25, 0.3) is 16.7 Å². The highest BCUT2D eigenvalue weighted by Gasteiger charge is 2.37. The first-order valence-electron chi connectivity index (χ1n) is 10.00. The molecule has 1 aromatic carbocycles. The normalized spacial score (nSPS) is 18.9. The Morgan fingerprint density at radius 2 is 2.09 bits per heavy atom. The fourth-order valence-corrected chi connectivity index (χ4v) is 4.97. The van der Waals surface area contributed by atoms with Crippen LogP contribution in [-0.2, 0) is 32.1 Å². The third kappa shape index (κ3) is 3.44. The van der Waals surface area contributed by atoms with Crippen LogP contribution in [0.4, 0.5) is 5.69 Å². The van der Waals surface area contributed by atoms with Crippen molar-refractivity contribution in [2.45, 2.75) is 16.9 Å². The molecule has 1 aliphatic rings. The van der Waals surface area contributed by atoms with E-state index in [9.17, 15) is 8.42 Å². The Morgan fingerprint density at radius 3 is 2.88 bits per heavy atom. The minimum absolute atomic E-state index is 0.0227. The van der Waals surface area contributed by atoms with Gasteiger partial charge in [0.1, 0.15) is 10.5 Å². The van der Waals surface area contributed by atoms with E-state index in [4.69, 9.17) is 9.47 Å². The van der Waals surface area contributed by atoms with Crippen LogP contribution in [0.3, 0.4) is 0 Å². The molecule has 0 unspecified atom stereocenters. The monoisotopic (exact) mass is 454 g/mol. The summed E-state index contributed by atoms with van der Waals surface area (Å²) in [6.45, 7) is 1.07. The molecule has 0 amide bonds. The molecule has 3 aromatic heterocycles. The molecule has 10 nitrogen and oxygen atoms in total. The lowest BCUT2D eigenvalue weighted by Gasteiger charge is -2.26. The molecule has 0 spiro atoms. The lowest BCUT2D eigenvalue weighted by atomic mass is 9.93. The Bertz CT molecular complexity index is 1390. The van der Waals surface area contributed by atoms with Gasteiger partial charge in [0.25, 0.3) is 10.0 Å². The summed E-state index contributed by atoms with van der Waals surface area (Å²) in [5.74, 6) is 0.487. The van der Waals surface area contributed by atoms with Gasteiger partial charge >= 0.3 is 0 Å². The molecule has 5 rings (SSSR count). The van der Waals surface area contributed by atoms with E-state index >= 15 is 0 Å². The van der Waals surface area contributed by atoms with E-state index < -0.39 is 15.6 Å². The highest BCUT2D eigenvalue weighted by molar-refractivity contribution is 7.92. The predicted octanol–water partition coefficient (Wildman–Crippen LogP) is 2.22. The smallest absolute Gasteiger partial charge is 0.265 e. The van der Waals surface area contributed by atoms with E-state index in [1.807, 2.05) is 18.2 Å². The molecule has 32 heavy (non-hydrogen) atoms. The van der Waals surface area contributed by atoms with Crippen molar-refractivity contribution in [3.8, 4) is 5.82 Å². The summed E-state index contributed by atoms with van der Waals surface area (Å²) in [5.41, 5.74) is 1.51. The van der Waals surface area contributed by atoms with E-state index in [1.165, 1.54) is 17.1 Å². The van der Waals surface area contributed by atoms with Crippen LogP contribution >= 0.6 is 0 Å². The third-order valence-electron chi connectivity index (χ3n) is 5.76. The summed E-state index contributed by atoms with van der Waals surface area (Å²) in [6.07, 6.45) is 6.80. The third-order valence-corrected chi connectivity index (χ3v) is 7.08. The molecule has 4 aromatic rings. The number of aromatic nitrogens is 5. The van der Waals surface area contributed by atoms with Crippen molar-refractivity contribution >= 4 is 26.6 Å². The zero-order valence-electron chi connectivity index (χ0n) is 17.6. The fourth-order valence-electron chi connectivity index (χ4n) is 3.97. The number of rotatable bonds is 6. The average Bonchev–Trinajstić information content (AvgIpc) is 3.55. The number of hydrogen-bond donors (Lipinski definition) is 1. The molecule has 0 saturated carbocycles. The van der Waals surface area contributed by atoms with Gasteiger partial charge < -0.3 is 9.47 Å². The molecule has 1 aliphatic heterocycles. The Kier molecular flexibility index (Phi) is 4.96. The minimum atomic E-state index is -3.88. The summed E-state index contributed by atoms with van der Waals surface area (Å²) in [4.78, 5) is 4.37. The summed E-state index contributed by atoms with van der Waals surface area (Å²) in [7, 11) is -0.459. The van der Waals surface area contributed by atoms with Crippen molar-refractivity contribution in [2.24, 2.45) is 7.05 Å². The van der Waals surface area contributed by atoms with Gasteiger partial charge in [-0.25, -0.2) is 18.1 Å². The number of hydrogen-bond acceptors (Lipinski definition) is 7. The van der Waals surface area contributed by atoms with Crippen LogP contribution < -0.4 is 4.72 Å². The number of para-hydroxylation sites is 1. The number of methoxy groups -OCH3 is 1. The molecule has 1 N–H and O–H groups in total. The van der Waals surface area contributed by atoms with Gasteiger partial charge in [0.05, 0.1) is 36.4 Å². The molecule has 166 valence electrons. The Morgan fingerprint density at radius 1 is 1.22 bits per heavy atom. The molecule has 11 heteroatoms. The minimum Gasteiger partial charge on any atom is -0.378 e. The van der Waals surface area contributed by atoms with Gasteiger partial charge in [-0.3, -0.25) is 9.40 Å². The molecular weight excluding hydrogens is 432 g/mol. The van der Waals surface area contributed by atoms with E-state index in [0.29, 0.717) is 30.2 Å². The number of sulfonamides is 1. The van der Waals surface area contributed by atoms with Crippen molar-refractivity contribution in [3.05, 3.63) is 60.7 Å². The number of nitrogens with zero attached hydrogens (tertiary/aromatic N) is 5. The van der Waals surface area contributed by atoms with Crippen molar-refractivity contribution in [3.63, 3.8) is 0 Å². The zero-order valence-corrected chi connectivity index (χ0v) is 18.4. The van der Waals surface area contributed by atoms with Crippen LogP contribution in [-0.4, -0.2) is 53.3 Å². The number of anilines is 1. The molecule has 1 saturated heterocycles. The van der Waals surface area contributed by atoms with Crippen LogP contribution in [0.1, 0.15) is 12.0 Å². The van der Waals surface area contributed by atoms with Gasteiger partial charge in [-0.1, -0.05) is 12.1 Å². The highest BCUT2D eigenvalue weighted by atomic mass is 32.2. The quantitative estimate of drug-likeness (QED) is 0.475. The lowest BCUT2D eigenvalue weighted by Crippen LogP contribution is -2.29. The number of pyridine rings is 1. The zero-order chi connectivity index (χ0) is 22.3. The standard InChI is InChI=1S/C21H22N6O4S/c1-26-20-15(11-23-26)4-3-5-18(20)25-32(28,29)17-12-24-27(13-17)19-10-16(6-8-22-19)21(30-2)7-9-31-14-21/h3-6,8,10-13,25H,7,9,14H2,1-2H3/t21-/m1/s1. The molecule has 0 bridgehead atoms. The van der Waals surface area contributed by atoms with Gasteiger partial charge in [-0.2, -0.15) is 10.2 Å². The Labute approximate surface area is 184 Å². The maximum atomic E-state index is 13.0. The highest BCUT2D eigenvalue weighted by Crippen LogP contribution is 2.34. The summed E-state index contributed by atoms with van der Waals surface area (Å²) >= 11 is 0. The molecule has 0 aliphatic carbocycles. The predicted molar refractivity (Wildman–Crippen MR) is 117 cm³/mol. The van der Waals surface area contributed by atoms with Gasteiger partial charge in [0, 0.05) is 38.8 Å². The van der Waals surface area contributed by atoms with E-state index in [0.717, 1.165) is 17.4 Å². The van der Waals surface area contributed by atoms with E-state index in [-0.39, 0.29) is 4.90 Å². The average molecular weight is 455 g/mol. The Balaban J connectivity index is 1.46. The molecular formula is C21H22N6O4S. The topological polar surface area (TPSA) is 113 Å². The summed E-state index contributed by atoms with van der Waals surface area (Å²) in [6, 6.07) is 9.06. The van der Waals surface area contributed by atoms with E-state index in [1.54, 1.807) is 43.4 Å². The lowest BCUT2D eigenvalue weighted by molar-refractivity contribution is -0.0213. The summed E-state index contributed by atoms with van der Waals surface area (Å²) in [5, 5.41) is 9.26. The van der Waals surface area contributed by atoms with Crippen molar-refractivity contribution in [1.29, 1.82) is 0 Å². The molecule has 4 heterocycles. The van der Waals surface area contributed by atoms with Crippen molar-refractivity contribution < 1.29 is 17.9 Å². The van der Waals surface area contributed by atoms with Gasteiger partial charge in [-0.15, -0.1) is 0 Å². The SMILES string of the molecule is CO[C@]1(c2ccnc(-n3cc(S(=O)(=O)Nc4cccc5cnn(C)c45)cn3)c2)CCOC1. The molecule has 0 radical (unpaired) electrons. The van der Waals surface area contributed by atoms with Crippen molar-refractivity contribution in [1.82, 2.24) is 24.5 Å². The van der Waals surface area contributed by atoms with Crippen LogP contribution in [0.5, 0.6) is 0 Å². The first-order valence-corrected chi connectivity index (χ1v) is 11.5. The van der Waals surface area contributed by atoms with Crippen LogP contribution in [0, 0.1) is 0 Å². The fraction of sp³-hybridized carbons (Fsp3) is 0.286. The van der Waals surface area contributed by atoms with Crippen LogP contribution in [0.15, 0.2) is 60.0 Å². The van der Waals surface area contributed by atoms with E-state index in [2.05, 4.69) is 19.9 Å². The maximum Gasteiger partial charge on any atom is 0.265 e. The van der Waals surface area contributed by atoms with Crippen LogP contribution in [0.2, 0.25) is 0 Å². The summed E-state index contributed by atoms with van der Waals surface area (Å²) < 4.78 is 43.1. The van der Waals surface area contributed by atoms with Gasteiger partial charge in [0.2, 0.25) is 0 Å². The van der Waals surface area contributed by atoms with Gasteiger partial charge in [0.15, 0.2) is 5.82 Å². The number of fused-ring (bicyclic) bond motifs is 1. The molecule has 1 atom stereocenters. The number of nitrogens with one attached hydrogen (secondary N) is 1. The molecule has 1 fully saturated rings. The first kappa shape index (κ1) is 20.6. The Hall–Kier alpha value is -3.28. The number of ether oxygens (including phenoxy) is 2. The second kappa shape index (κ2) is 7.69.